The second-order valence-electron chi connectivity index (χ2n) is 7.21. The van der Waals surface area contributed by atoms with Gasteiger partial charge in [0, 0.05) is 18.0 Å². The standard InChI is InChI=1S/C21H23N3O2S2/c1-12-13(2)28-20-18(12)19(25)22-17(23-20)11-27-14(3)21(26)24-9-8-15-6-4-5-7-16(15)10-24/h4-7,14H,8-11H2,1-3H3,(H,22,23,25). The minimum atomic E-state index is -0.182. The van der Waals surface area contributed by atoms with Gasteiger partial charge >= 0.3 is 0 Å². The zero-order valence-corrected chi connectivity index (χ0v) is 17.9. The van der Waals surface area contributed by atoms with Gasteiger partial charge in [0.15, 0.2) is 0 Å². The number of carbonyl (C=O) groups excluding carboxylic acids is 1. The summed E-state index contributed by atoms with van der Waals surface area (Å²) >= 11 is 3.07. The molecule has 0 aliphatic carbocycles. The van der Waals surface area contributed by atoms with Crippen molar-refractivity contribution in [2.75, 3.05) is 6.54 Å². The fourth-order valence-electron chi connectivity index (χ4n) is 3.58. The molecule has 28 heavy (non-hydrogen) atoms. The molecule has 3 aromatic rings. The average molecular weight is 414 g/mol. The molecule has 1 unspecified atom stereocenters. The van der Waals surface area contributed by atoms with Crippen LogP contribution in [0.25, 0.3) is 10.2 Å². The molecule has 146 valence electrons. The van der Waals surface area contributed by atoms with Crippen molar-refractivity contribution in [1.82, 2.24) is 14.9 Å². The van der Waals surface area contributed by atoms with Gasteiger partial charge < -0.3 is 9.88 Å². The Labute approximate surface area is 172 Å². The van der Waals surface area contributed by atoms with E-state index in [-0.39, 0.29) is 16.7 Å². The Morgan fingerprint density at radius 2 is 2.07 bits per heavy atom. The number of aromatic nitrogens is 2. The predicted octanol–water partition coefficient (Wildman–Crippen LogP) is 3.81. The van der Waals surface area contributed by atoms with Crippen LogP contribution in [0, 0.1) is 13.8 Å². The molecule has 3 heterocycles. The SMILES string of the molecule is Cc1sc2nc(CSC(C)C(=O)N3CCc4ccccc4C3)[nH]c(=O)c2c1C. The summed E-state index contributed by atoms with van der Waals surface area (Å²) in [6.07, 6.45) is 0.905. The molecule has 0 saturated heterocycles. The maximum atomic E-state index is 12.9. The fourth-order valence-corrected chi connectivity index (χ4v) is 5.47. The van der Waals surface area contributed by atoms with Crippen molar-refractivity contribution >= 4 is 39.2 Å². The van der Waals surface area contributed by atoms with E-state index in [9.17, 15) is 9.59 Å². The topological polar surface area (TPSA) is 66.1 Å². The van der Waals surface area contributed by atoms with Crippen molar-refractivity contribution in [2.24, 2.45) is 0 Å². The summed E-state index contributed by atoms with van der Waals surface area (Å²) in [7, 11) is 0. The third-order valence-electron chi connectivity index (χ3n) is 5.35. The number of nitrogens with zero attached hydrogens (tertiary/aromatic N) is 2. The van der Waals surface area contributed by atoms with Crippen molar-refractivity contribution in [3.8, 4) is 0 Å². The number of thioether (sulfide) groups is 1. The first-order valence-electron chi connectivity index (χ1n) is 9.40. The molecule has 1 aliphatic rings. The number of amides is 1. The lowest BCUT2D eigenvalue weighted by molar-refractivity contribution is -0.131. The molecule has 0 radical (unpaired) electrons. The van der Waals surface area contributed by atoms with Gasteiger partial charge in [-0.25, -0.2) is 4.98 Å². The van der Waals surface area contributed by atoms with Gasteiger partial charge in [-0.05, 0) is 43.9 Å². The lowest BCUT2D eigenvalue weighted by Gasteiger charge is -2.30. The highest BCUT2D eigenvalue weighted by Crippen LogP contribution is 2.27. The molecular weight excluding hydrogens is 390 g/mol. The van der Waals surface area contributed by atoms with Gasteiger partial charge in [0.05, 0.1) is 16.4 Å². The van der Waals surface area contributed by atoms with Gasteiger partial charge in [0.1, 0.15) is 10.7 Å². The van der Waals surface area contributed by atoms with Gasteiger partial charge in [-0.2, -0.15) is 0 Å². The van der Waals surface area contributed by atoms with E-state index in [1.54, 1.807) is 11.3 Å². The number of aryl methyl sites for hydroxylation is 2. The number of hydrogen-bond acceptors (Lipinski definition) is 5. The Hall–Kier alpha value is -2.12. The van der Waals surface area contributed by atoms with E-state index in [1.165, 1.54) is 22.9 Å². The Kier molecular flexibility index (Phi) is 5.29. The van der Waals surface area contributed by atoms with E-state index in [4.69, 9.17) is 0 Å². The zero-order valence-electron chi connectivity index (χ0n) is 16.2. The number of benzene rings is 1. The van der Waals surface area contributed by atoms with E-state index in [1.807, 2.05) is 31.7 Å². The van der Waals surface area contributed by atoms with Gasteiger partial charge in [-0.1, -0.05) is 24.3 Å². The molecule has 2 aromatic heterocycles. The molecule has 0 bridgehead atoms. The Morgan fingerprint density at radius 1 is 1.32 bits per heavy atom. The molecule has 5 nitrogen and oxygen atoms in total. The summed E-state index contributed by atoms with van der Waals surface area (Å²) in [4.78, 5) is 36.6. The normalized spacial score (nSPS) is 14.9. The number of fused-ring (bicyclic) bond motifs is 2. The van der Waals surface area contributed by atoms with E-state index in [0.29, 0.717) is 23.5 Å². The molecule has 1 atom stereocenters. The first-order valence-corrected chi connectivity index (χ1v) is 11.3. The van der Waals surface area contributed by atoms with Crippen LogP contribution in [0.2, 0.25) is 0 Å². The summed E-state index contributed by atoms with van der Waals surface area (Å²) in [5, 5.41) is 0.505. The quantitative estimate of drug-likeness (QED) is 0.706. The van der Waals surface area contributed by atoms with Crippen LogP contribution in [0.3, 0.4) is 0 Å². The number of nitrogens with one attached hydrogen (secondary N) is 1. The second-order valence-corrected chi connectivity index (χ2v) is 9.74. The molecule has 1 amide bonds. The predicted molar refractivity (Wildman–Crippen MR) is 116 cm³/mol. The van der Waals surface area contributed by atoms with E-state index in [2.05, 4.69) is 28.2 Å². The number of carbonyl (C=O) groups is 1. The first kappa shape index (κ1) is 19.2. The molecule has 1 aromatic carbocycles. The smallest absolute Gasteiger partial charge is 0.259 e. The summed E-state index contributed by atoms with van der Waals surface area (Å²) < 4.78 is 0. The van der Waals surface area contributed by atoms with Gasteiger partial charge in [0.25, 0.3) is 5.56 Å². The fraction of sp³-hybridized carbons (Fsp3) is 0.381. The maximum absolute atomic E-state index is 12.9. The van der Waals surface area contributed by atoms with Crippen molar-refractivity contribution in [2.45, 2.75) is 44.7 Å². The summed E-state index contributed by atoms with van der Waals surface area (Å²) in [6.45, 7) is 7.33. The number of hydrogen-bond donors (Lipinski definition) is 1. The number of H-pyrrole nitrogens is 1. The third-order valence-corrected chi connectivity index (χ3v) is 7.59. The van der Waals surface area contributed by atoms with Crippen molar-refractivity contribution in [1.29, 1.82) is 0 Å². The molecule has 4 rings (SSSR count). The Balaban J connectivity index is 1.43. The highest BCUT2D eigenvalue weighted by atomic mass is 32.2. The monoisotopic (exact) mass is 413 g/mol. The Morgan fingerprint density at radius 3 is 2.86 bits per heavy atom. The summed E-state index contributed by atoms with van der Waals surface area (Å²) in [5.41, 5.74) is 3.48. The maximum Gasteiger partial charge on any atom is 0.259 e. The van der Waals surface area contributed by atoms with Crippen LogP contribution >= 0.6 is 23.1 Å². The lowest BCUT2D eigenvalue weighted by Crippen LogP contribution is -2.40. The van der Waals surface area contributed by atoms with Crippen LogP contribution in [0.15, 0.2) is 29.1 Å². The van der Waals surface area contributed by atoms with Crippen LogP contribution in [0.4, 0.5) is 0 Å². The highest BCUT2D eigenvalue weighted by Gasteiger charge is 2.25. The van der Waals surface area contributed by atoms with Gasteiger partial charge in [-0.3, -0.25) is 9.59 Å². The third kappa shape index (κ3) is 3.61. The lowest BCUT2D eigenvalue weighted by atomic mass is 10.00. The van der Waals surface area contributed by atoms with Crippen LogP contribution in [-0.4, -0.2) is 32.6 Å². The summed E-state index contributed by atoms with van der Waals surface area (Å²) in [5.74, 6) is 1.29. The van der Waals surface area contributed by atoms with Crippen LogP contribution in [-0.2, 0) is 23.5 Å². The number of aromatic amines is 1. The zero-order chi connectivity index (χ0) is 19.8. The minimum absolute atomic E-state index is 0.0888. The van der Waals surface area contributed by atoms with Crippen molar-refractivity contribution < 1.29 is 4.79 Å². The second kappa shape index (κ2) is 7.72. The molecule has 1 N–H and O–H groups in total. The van der Waals surface area contributed by atoms with E-state index >= 15 is 0 Å². The molecular formula is C21H23N3O2S2. The molecule has 0 fully saturated rings. The number of thiophene rings is 1. The van der Waals surface area contributed by atoms with Gasteiger partial charge in [0.2, 0.25) is 5.91 Å². The van der Waals surface area contributed by atoms with Crippen molar-refractivity contribution in [3.05, 3.63) is 62.0 Å². The van der Waals surface area contributed by atoms with Crippen molar-refractivity contribution in [3.63, 3.8) is 0 Å². The van der Waals surface area contributed by atoms with E-state index in [0.717, 1.165) is 28.2 Å². The summed E-state index contributed by atoms with van der Waals surface area (Å²) in [6, 6.07) is 8.32. The van der Waals surface area contributed by atoms with Crippen LogP contribution in [0.5, 0.6) is 0 Å². The van der Waals surface area contributed by atoms with E-state index < -0.39 is 0 Å². The largest absolute Gasteiger partial charge is 0.337 e. The van der Waals surface area contributed by atoms with Crippen LogP contribution in [0.1, 0.15) is 34.3 Å². The highest BCUT2D eigenvalue weighted by molar-refractivity contribution is 7.99. The molecule has 0 saturated carbocycles. The molecule has 7 heteroatoms. The average Bonchev–Trinajstić information content (AvgIpc) is 2.99. The molecule has 1 aliphatic heterocycles. The van der Waals surface area contributed by atoms with Gasteiger partial charge in [-0.15, -0.1) is 23.1 Å². The van der Waals surface area contributed by atoms with Crippen LogP contribution < -0.4 is 5.56 Å². The minimum Gasteiger partial charge on any atom is -0.337 e. The number of rotatable bonds is 4. The first-order chi connectivity index (χ1) is 13.4. The Bertz CT molecular complexity index is 1100. The molecule has 0 spiro atoms.